The van der Waals surface area contributed by atoms with Gasteiger partial charge in [-0.3, -0.25) is 4.79 Å². The lowest BCUT2D eigenvalue weighted by atomic mass is 10.1. The predicted molar refractivity (Wildman–Crippen MR) is 61.1 cm³/mol. The molecule has 1 unspecified atom stereocenters. The molecule has 0 aliphatic heterocycles. The molecule has 4 nitrogen and oxygen atoms in total. The second-order valence-corrected chi connectivity index (χ2v) is 3.57. The highest BCUT2D eigenvalue weighted by atomic mass is 16.4. The van der Waals surface area contributed by atoms with Gasteiger partial charge in [-0.2, -0.15) is 0 Å². The van der Waals surface area contributed by atoms with E-state index in [1.165, 1.54) is 0 Å². The van der Waals surface area contributed by atoms with Gasteiger partial charge in [0.05, 0.1) is 0 Å². The van der Waals surface area contributed by atoms with Crippen LogP contribution >= 0.6 is 0 Å². The summed E-state index contributed by atoms with van der Waals surface area (Å²) in [6.07, 6.45) is 1.46. The molecular weight excluding hydrogens is 206 g/mol. The fraction of sp³-hybridized carbons (Fsp3) is 0.417. The highest BCUT2D eigenvalue weighted by Gasteiger charge is 2.17. The number of aliphatic hydroxyl groups is 1. The standard InChI is InChI=1S/C12H17NO3/c14-9-5-4-8-13-11(12(15)16)10-6-2-1-3-7-10/h1-3,6-7,11,13-14H,4-5,8-9H2,(H,15,16). The van der Waals surface area contributed by atoms with Crippen molar-refractivity contribution in [1.29, 1.82) is 0 Å². The molecule has 0 fully saturated rings. The van der Waals surface area contributed by atoms with Gasteiger partial charge in [0.2, 0.25) is 0 Å². The van der Waals surface area contributed by atoms with Crippen molar-refractivity contribution < 1.29 is 15.0 Å². The van der Waals surface area contributed by atoms with E-state index in [-0.39, 0.29) is 6.61 Å². The topological polar surface area (TPSA) is 69.6 Å². The van der Waals surface area contributed by atoms with E-state index in [1.807, 2.05) is 18.2 Å². The van der Waals surface area contributed by atoms with Gasteiger partial charge in [-0.1, -0.05) is 30.3 Å². The molecule has 1 aromatic rings. The fourth-order valence-electron chi connectivity index (χ4n) is 1.48. The molecule has 0 saturated carbocycles. The second kappa shape index (κ2) is 6.98. The molecule has 0 amide bonds. The maximum atomic E-state index is 11.1. The van der Waals surface area contributed by atoms with E-state index >= 15 is 0 Å². The number of hydrogen-bond acceptors (Lipinski definition) is 3. The summed E-state index contributed by atoms with van der Waals surface area (Å²) in [4.78, 5) is 11.1. The molecule has 0 spiro atoms. The number of rotatable bonds is 7. The third-order valence-electron chi connectivity index (χ3n) is 2.31. The Hall–Kier alpha value is -1.39. The Morgan fingerprint density at radius 1 is 1.25 bits per heavy atom. The molecular formula is C12H17NO3. The van der Waals surface area contributed by atoms with Crippen molar-refractivity contribution in [3.05, 3.63) is 35.9 Å². The van der Waals surface area contributed by atoms with E-state index in [9.17, 15) is 4.79 Å². The number of hydrogen-bond donors (Lipinski definition) is 3. The molecule has 1 aromatic carbocycles. The van der Waals surface area contributed by atoms with Crippen LogP contribution in [0, 0.1) is 0 Å². The SMILES string of the molecule is O=C(O)C(NCCCCO)c1ccccc1. The Balaban J connectivity index is 2.52. The smallest absolute Gasteiger partial charge is 0.325 e. The van der Waals surface area contributed by atoms with Crippen LogP contribution in [-0.2, 0) is 4.79 Å². The average Bonchev–Trinajstić information content (AvgIpc) is 2.30. The summed E-state index contributed by atoms with van der Waals surface area (Å²) in [5, 5.41) is 20.6. The molecule has 16 heavy (non-hydrogen) atoms. The molecule has 1 rings (SSSR count). The quantitative estimate of drug-likeness (QED) is 0.607. The minimum absolute atomic E-state index is 0.144. The van der Waals surface area contributed by atoms with Crippen molar-refractivity contribution in [1.82, 2.24) is 5.32 Å². The van der Waals surface area contributed by atoms with Crippen molar-refractivity contribution >= 4 is 5.97 Å². The zero-order valence-corrected chi connectivity index (χ0v) is 9.10. The number of aliphatic hydroxyl groups excluding tert-OH is 1. The van der Waals surface area contributed by atoms with Gasteiger partial charge in [0.1, 0.15) is 6.04 Å². The Kier molecular flexibility index (Phi) is 5.53. The Labute approximate surface area is 94.9 Å². The number of carboxylic acids is 1. The molecule has 0 aromatic heterocycles. The number of nitrogens with one attached hydrogen (secondary N) is 1. The van der Waals surface area contributed by atoms with E-state index < -0.39 is 12.0 Å². The third kappa shape index (κ3) is 4.00. The number of aliphatic carboxylic acids is 1. The van der Waals surface area contributed by atoms with Gasteiger partial charge in [0.25, 0.3) is 0 Å². The van der Waals surface area contributed by atoms with Gasteiger partial charge in [-0.15, -0.1) is 0 Å². The maximum absolute atomic E-state index is 11.1. The van der Waals surface area contributed by atoms with Crippen LogP contribution in [0.1, 0.15) is 24.4 Å². The Morgan fingerprint density at radius 2 is 1.94 bits per heavy atom. The van der Waals surface area contributed by atoms with Crippen LogP contribution in [0.5, 0.6) is 0 Å². The molecule has 88 valence electrons. The van der Waals surface area contributed by atoms with Crippen LogP contribution in [-0.4, -0.2) is 29.3 Å². The second-order valence-electron chi connectivity index (χ2n) is 3.57. The van der Waals surface area contributed by atoms with E-state index in [4.69, 9.17) is 10.2 Å². The summed E-state index contributed by atoms with van der Waals surface area (Å²) in [6, 6.07) is 8.41. The molecule has 0 saturated heterocycles. The van der Waals surface area contributed by atoms with Crippen molar-refractivity contribution in [2.24, 2.45) is 0 Å². The minimum Gasteiger partial charge on any atom is -0.480 e. The summed E-state index contributed by atoms with van der Waals surface area (Å²) < 4.78 is 0. The van der Waals surface area contributed by atoms with Gasteiger partial charge in [0, 0.05) is 6.61 Å². The van der Waals surface area contributed by atoms with E-state index in [0.717, 1.165) is 12.0 Å². The zero-order chi connectivity index (χ0) is 11.8. The number of benzene rings is 1. The molecule has 1 atom stereocenters. The highest BCUT2D eigenvalue weighted by molar-refractivity contribution is 5.75. The van der Waals surface area contributed by atoms with Crippen molar-refractivity contribution in [3.63, 3.8) is 0 Å². The number of unbranched alkanes of at least 4 members (excludes halogenated alkanes) is 1. The lowest BCUT2D eigenvalue weighted by Gasteiger charge is -2.14. The van der Waals surface area contributed by atoms with E-state index in [0.29, 0.717) is 13.0 Å². The lowest BCUT2D eigenvalue weighted by molar-refractivity contribution is -0.139. The largest absolute Gasteiger partial charge is 0.480 e. The first-order valence-electron chi connectivity index (χ1n) is 5.37. The summed E-state index contributed by atoms with van der Waals surface area (Å²) in [7, 11) is 0. The first-order chi connectivity index (χ1) is 7.75. The molecule has 0 aliphatic carbocycles. The van der Waals surface area contributed by atoms with Gasteiger partial charge >= 0.3 is 5.97 Å². The van der Waals surface area contributed by atoms with E-state index in [2.05, 4.69) is 5.32 Å². The summed E-state index contributed by atoms with van der Waals surface area (Å²) >= 11 is 0. The van der Waals surface area contributed by atoms with Crippen LogP contribution in [0.2, 0.25) is 0 Å². The van der Waals surface area contributed by atoms with Crippen LogP contribution in [0.4, 0.5) is 0 Å². The third-order valence-corrected chi connectivity index (χ3v) is 2.31. The molecule has 3 N–H and O–H groups in total. The normalized spacial score (nSPS) is 12.3. The van der Waals surface area contributed by atoms with Crippen LogP contribution in [0.15, 0.2) is 30.3 Å². The molecule has 0 heterocycles. The molecule has 0 aliphatic rings. The highest BCUT2D eigenvalue weighted by Crippen LogP contribution is 2.12. The summed E-state index contributed by atoms with van der Waals surface area (Å²) in [6.45, 7) is 0.733. The van der Waals surface area contributed by atoms with Gasteiger partial charge in [-0.25, -0.2) is 0 Å². The van der Waals surface area contributed by atoms with Crippen molar-refractivity contribution in [2.45, 2.75) is 18.9 Å². The molecule has 0 bridgehead atoms. The van der Waals surface area contributed by atoms with Crippen LogP contribution in [0.25, 0.3) is 0 Å². The van der Waals surface area contributed by atoms with E-state index in [1.54, 1.807) is 12.1 Å². The van der Waals surface area contributed by atoms with Crippen LogP contribution in [0.3, 0.4) is 0 Å². The first-order valence-corrected chi connectivity index (χ1v) is 5.37. The number of carbonyl (C=O) groups is 1. The lowest BCUT2D eigenvalue weighted by Crippen LogP contribution is -2.29. The minimum atomic E-state index is -0.879. The summed E-state index contributed by atoms with van der Waals surface area (Å²) in [5.74, 6) is -0.879. The molecule has 0 radical (unpaired) electrons. The monoisotopic (exact) mass is 223 g/mol. The first kappa shape index (κ1) is 12.7. The zero-order valence-electron chi connectivity index (χ0n) is 9.10. The van der Waals surface area contributed by atoms with Gasteiger partial charge in [0.15, 0.2) is 0 Å². The van der Waals surface area contributed by atoms with Crippen molar-refractivity contribution in [3.8, 4) is 0 Å². The summed E-state index contributed by atoms with van der Waals surface area (Å²) in [5.41, 5.74) is 0.749. The van der Waals surface area contributed by atoms with Crippen molar-refractivity contribution in [2.75, 3.05) is 13.2 Å². The van der Waals surface area contributed by atoms with Gasteiger partial charge < -0.3 is 15.5 Å². The number of carboxylic acid groups (broad SMARTS) is 1. The fourth-order valence-corrected chi connectivity index (χ4v) is 1.48. The van der Waals surface area contributed by atoms with Gasteiger partial charge in [-0.05, 0) is 24.9 Å². The Morgan fingerprint density at radius 3 is 2.50 bits per heavy atom. The molecule has 4 heteroatoms. The average molecular weight is 223 g/mol. The Bertz CT molecular complexity index is 313. The predicted octanol–water partition coefficient (Wildman–Crippen LogP) is 1.17. The van der Waals surface area contributed by atoms with Crippen LogP contribution < -0.4 is 5.32 Å². The maximum Gasteiger partial charge on any atom is 0.325 e.